The molecule has 13 aromatic rings. The Morgan fingerprint density at radius 1 is 0.284 bits per heavy atom. The van der Waals surface area contributed by atoms with Crippen LogP contribution in [-0.2, 0) is 0 Å². The van der Waals surface area contributed by atoms with Crippen molar-refractivity contribution in [2.45, 2.75) is 0 Å². The fraction of sp³-hybridized carbons (Fsp3) is 0. The van der Waals surface area contributed by atoms with E-state index in [2.05, 4.69) is 299 Å². The number of para-hydroxylation sites is 8. The largest absolute Gasteiger partial charge is 0.458 e. The van der Waals surface area contributed by atoms with E-state index in [-0.39, 0.29) is 13.4 Å². The summed E-state index contributed by atoms with van der Waals surface area (Å²) >= 11 is 1.87. The monoisotopic (exact) mass is 1050 g/mol. The molecule has 0 amide bonds. The first-order valence-electron chi connectivity index (χ1n) is 27.6. The molecule has 0 spiro atoms. The molecule has 1 aromatic heterocycles. The molecule has 0 saturated heterocycles. The number of thiophene rings is 1. The number of nitrogens with zero attached hydrogens (tertiary/aromatic N) is 4. The Morgan fingerprint density at radius 3 is 0.988 bits per heavy atom. The highest BCUT2D eigenvalue weighted by Gasteiger charge is 2.45. The summed E-state index contributed by atoms with van der Waals surface area (Å²) in [6.07, 6.45) is 0. The minimum absolute atomic E-state index is 0.103. The minimum atomic E-state index is -0.103. The lowest BCUT2D eigenvalue weighted by Gasteiger charge is -2.41. The van der Waals surface area contributed by atoms with Crippen molar-refractivity contribution in [2.24, 2.45) is 0 Å². The normalized spacial score (nSPS) is 13.0. The van der Waals surface area contributed by atoms with Gasteiger partial charge in [-0.2, -0.15) is 0 Å². The number of hydrogen-bond acceptors (Lipinski definition) is 7. The van der Waals surface area contributed by atoms with Gasteiger partial charge in [0.15, 0.2) is 0 Å². The van der Waals surface area contributed by atoms with E-state index in [1.807, 2.05) is 11.3 Å². The topological polar surface area (TPSA) is 31.4 Å². The number of hydrogen-bond donors (Lipinski definition) is 0. The second-order valence-corrected chi connectivity index (χ2v) is 22.3. The number of rotatable bonds is 8. The van der Waals surface area contributed by atoms with Crippen LogP contribution in [0.4, 0.5) is 68.2 Å². The van der Waals surface area contributed by atoms with Crippen LogP contribution < -0.4 is 61.9 Å². The van der Waals surface area contributed by atoms with Crippen LogP contribution in [0.25, 0.3) is 20.2 Å². The maximum atomic E-state index is 7.13. The van der Waals surface area contributed by atoms with Crippen molar-refractivity contribution < 1.29 is 9.47 Å². The molecular formula is C72H46B2N4O2S. The highest BCUT2D eigenvalue weighted by Crippen LogP contribution is 2.50. The second kappa shape index (κ2) is 18.2. The van der Waals surface area contributed by atoms with Gasteiger partial charge in [0.1, 0.15) is 23.0 Å². The lowest BCUT2D eigenvalue weighted by atomic mass is 9.34. The van der Waals surface area contributed by atoms with Gasteiger partial charge in [-0.1, -0.05) is 158 Å². The predicted molar refractivity (Wildman–Crippen MR) is 340 cm³/mol. The minimum Gasteiger partial charge on any atom is -0.458 e. The van der Waals surface area contributed by atoms with Gasteiger partial charge in [0.2, 0.25) is 0 Å². The van der Waals surface area contributed by atoms with Crippen LogP contribution in [0.3, 0.4) is 0 Å². The van der Waals surface area contributed by atoms with Crippen molar-refractivity contribution in [1.82, 2.24) is 0 Å². The number of fused-ring (bicyclic) bond motifs is 11. The van der Waals surface area contributed by atoms with Crippen LogP contribution in [0, 0.1) is 0 Å². The molecule has 12 aromatic carbocycles. The van der Waals surface area contributed by atoms with E-state index in [9.17, 15) is 0 Å². The molecule has 0 bridgehead atoms. The molecule has 4 aliphatic heterocycles. The molecule has 17 rings (SSSR count). The summed E-state index contributed by atoms with van der Waals surface area (Å²) in [6, 6.07) is 101. The molecule has 5 heterocycles. The molecule has 378 valence electrons. The van der Waals surface area contributed by atoms with Gasteiger partial charge in [0.25, 0.3) is 13.4 Å². The third-order valence-corrected chi connectivity index (χ3v) is 17.8. The Kier molecular flexibility index (Phi) is 10.3. The maximum Gasteiger partial charge on any atom is 0.256 e. The van der Waals surface area contributed by atoms with E-state index >= 15 is 0 Å². The summed E-state index contributed by atoms with van der Waals surface area (Å²) < 4.78 is 16.7. The van der Waals surface area contributed by atoms with Crippen LogP contribution in [0.1, 0.15) is 0 Å². The van der Waals surface area contributed by atoms with Crippen LogP contribution >= 0.6 is 11.3 Å². The molecule has 0 aliphatic carbocycles. The maximum absolute atomic E-state index is 7.13. The molecule has 0 saturated carbocycles. The molecule has 0 fully saturated rings. The van der Waals surface area contributed by atoms with Crippen LogP contribution in [0.5, 0.6) is 23.0 Å². The number of anilines is 12. The fourth-order valence-corrected chi connectivity index (χ4v) is 14.4. The Bertz CT molecular complexity index is 4250. The van der Waals surface area contributed by atoms with Crippen molar-refractivity contribution in [1.29, 1.82) is 0 Å². The van der Waals surface area contributed by atoms with Gasteiger partial charge in [-0.3, -0.25) is 0 Å². The van der Waals surface area contributed by atoms with Crippen LogP contribution in [-0.4, -0.2) is 13.4 Å². The average molecular weight is 1050 g/mol. The summed E-state index contributed by atoms with van der Waals surface area (Å²) in [6.45, 7) is -0.206. The summed E-state index contributed by atoms with van der Waals surface area (Å²) in [5, 5.41) is 2.48. The Balaban J connectivity index is 0.911. The number of benzene rings is 12. The lowest BCUT2D eigenvalue weighted by Crippen LogP contribution is -2.59. The van der Waals surface area contributed by atoms with E-state index in [1.165, 1.54) is 31.1 Å². The van der Waals surface area contributed by atoms with Gasteiger partial charge in [-0.25, -0.2) is 0 Å². The Labute approximate surface area is 474 Å². The first-order valence-corrected chi connectivity index (χ1v) is 28.4. The average Bonchev–Trinajstić information content (AvgIpc) is 4.12. The van der Waals surface area contributed by atoms with Gasteiger partial charge in [0, 0.05) is 78.4 Å². The molecule has 0 N–H and O–H groups in total. The highest BCUT2D eigenvalue weighted by atomic mass is 32.1. The van der Waals surface area contributed by atoms with E-state index in [1.54, 1.807) is 0 Å². The Hall–Kier alpha value is -10.2. The molecule has 0 unspecified atom stereocenters. The smallest absolute Gasteiger partial charge is 0.256 e. The van der Waals surface area contributed by atoms with Crippen molar-refractivity contribution in [3.05, 3.63) is 279 Å². The summed E-state index contributed by atoms with van der Waals surface area (Å²) in [5.41, 5.74) is 20.1. The third kappa shape index (κ3) is 7.15. The molecule has 6 nitrogen and oxygen atoms in total. The molecule has 0 radical (unpaired) electrons. The zero-order chi connectivity index (χ0) is 53.1. The predicted octanol–water partition coefficient (Wildman–Crippen LogP) is 15.8. The SMILES string of the molecule is c1ccc(N(c2ccccc2)c2cc3c4c(c2)N(c2ccccc2)c2cc5sc6cc7c(cc6c5cc2B4c2ccccc2O3)B2c3ccccc3Oc3cc(N(c4ccccc4)c4ccccc4)cc(c32)N7c2ccccc2)cc1. The van der Waals surface area contributed by atoms with Gasteiger partial charge in [-0.15, -0.1) is 11.3 Å². The first kappa shape index (κ1) is 45.8. The van der Waals surface area contributed by atoms with Gasteiger partial charge in [0.05, 0.1) is 11.4 Å². The van der Waals surface area contributed by atoms with E-state index in [4.69, 9.17) is 9.47 Å². The quantitative estimate of drug-likeness (QED) is 0.141. The lowest BCUT2D eigenvalue weighted by molar-refractivity contribution is 0.487. The van der Waals surface area contributed by atoms with Crippen molar-refractivity contribution in [3.8, 4) is 23.0 Å². The second-order valence-electron chi connectivity index (χ2n) is 21.2. The fourth-order valence-electron chi connectivity index (χ4n) is 13.3. The molecular weight excluding hydrogens is 1010 g/mol. The summed E-state index contributed by atoms with van der Waals surface area (Å²) in [7, 11) is 0. The van der Waals surface area contributed by atoms with Crippen molar-refractivity contribution in [3.63, 3.8) is 0 Å². The van der Waals surface area contributed by atoms with Crippen LogP contribution in [0.15, 0.2) is 279 Å². The van der Waals surface area contributed by atoms with Gasteiger partial charge >= 0.3 is 0 Å². The summed E-state index contributed by atoms with van der Waals surface area (Å²) in [4.78, 5) is 9.64. The summed E-state index contributed by atoms with van der Waals surface area (Å²) in [5.74, 6) is 3.46. The zero-order valence-corrected chi connectivity index (χ0v) is 44.5. The van der Waals surface area contributed by atoms with E-state index < -0.39 is 0 Å². The van der Waals surface area contributed by atoms with Crippen molar-refractivity contribution in [2.75, 3.05) is 19.6 Å². The van der Waals surface area contributed by atoms with Gasteiger partial charge < -0.3 is 29.1 Å². The Morgan fingerprint density at radius 2 is 0.617 bits per heavy atom. The van der Waals surface area contributed by atoms with Gasteiger partial charge in [-0.05, 0) is 153 Å². The first-order chi connectivity index (χ1) is 40.2. The third-order valence-electron chi connectivity index (χ3n) is 16.6. The van der Waals surface area contributed by atoms with E-state index in [0.717, 1.165) is 113 Å². The van der Waals surface area contributed by atoms with Crippen LogP contribution in [0.2, 0.25) is 0 Å². The number of ether oxygens (including phenoxy) is 2. The van der Waals surface area contributed by atoms with E-state index in [0.29, 0.717) is 0 Å². The molecule has 81 heavy (non-hydrogen) atoms. The molecule has 9 heteroatoms. The van der Waals surface area contributed by atoms with Crippen molar-refractivity contribution >= 4 is 146 Å². The highest BCUT2D eigenvalue weighted by molar-refractivity contribution is 7.26. The molecule has 4 aliphatic rings. The molecule has 0 atom stereocenters. The standard InChI is InChI=1S/C72H46B2N4O2S/c1-7-23-47(24-8-1)75(48-25-9-2-10-26-48)53-39-63-71-67(41-53)79-65-37-21-19-35-57(65)73(71)59-43-55-56-44-60-62(46-70(56)81-69(55)45-61(59)77(63)51-31-15-5-16-32-51)78(52-33-17-6-18-34-52)64-40-54(42-68-72(64)74(60)58-36-20-22-38-66(58)80-68)76(49-27-11-3-12-28-49)50-29-13-4-14-30-50/h1-46H. The zero-order valence-electron chi connectivity index (χ0n) is 43.7.